The molecule has 0 fully saturated rings. The van der Waals surface area contributed by atoms with Gasteiger partial charge in [-0.2, -0.15) is 0 Å². The quantitative estimate of drug-likeness (QED) is 0.917. The Hall–Kier alpha value is -2.36. The summed E-state index contributed by atoms with van der Waals surface area (Å²) in [7, 11) is 1.70. The molecule has 0 saturated heterocycles. The summed E-state index contributed by atoms with van der Waals surface area (Å²) in [5, 5.41) is 9.03. The van der Waals surface area contributed by atoms with Crippen molar-refractivity contribution in [3.63, 3.8) is 0 Å². The lowest BCUT2D eigenvalue weighted by Gasteiger charge is -2.07. The first kappa shape index (κ1) is 13.1. The van der Waals surface area contributed by atoms with Crippen LogP contribution in [0.4, 0.5) is 0 Å². The molecule has 0 aliphatic carbocycles. The summed E-state index contributed by atoms with van der Waals surface area (Å²) in [6.07, 6.45) is 3.90. The maximum Gasteiger partial charge on any atom is 0.341 e. The number of aromatic carboxylic acids is 1. The molecule has 0 unspecified atom stereocenters. The molecule has 1 N–H and O–H groups in total. The van der Waals surface area contributed by atoms with Crippen LogP contribution in [0.15, 0.2) is 41.5 Å². The van der Waals surface area contributed by atoms with E-state index in [1.165, 1.54) is 11.8 Å². The number of aromatic nitrogens is 1. The number of pyridine rings is 1. The standard InChI is InChI=1S/C15H15NO3/c1-3-10-4-6-11(7-5-10)12-8-16(2)9-13(14(12)17)15(18)19/h4-9H,3H2,1-2H3,(H,18,19). The Balaban J connectivity index is 2.61. The largest absolute Gasteiger partial charge is 0.477 e. The monoisotopic (exact) mass is 257 g/mol. The number of hydrogen-bond acceptors (Lipinski definition) is 2. The van der Waals surface area contributed by atoms with Crippen LogP contribution in [-0.4, -0.2) is 15.6 Å². The predicted octanol–water partition coefficient (Wildman–Crippen LogP) is 2.31. The number of hydrogen-bond donors (Lipinski definition) is 1. The molecule has 1 aromatic heterocycles. The van der Waals surface area contributed by atoms with Crippen LogP contribution in [0.1, 0.15) is 22.8 Å². The molecule has 0 atom stereocenters. The van der Waals surface area contributed by atoms with E-state index >= 15 is 0 Å². The first-order valence-electron chi connectivity index (χ1n) is 6.05. The van der Waals surface area contributed by atoms with E-state index in [0.29, 0.717) is 5.56 Å². The lowest BCUT2D eigenvalue weighted by atomic mass is 10.0. The van der Waals surface area contributed by atoms with E-state index in [9.17, 15) is 9.59 Å². The summed E-state index contributed by atoms with van der Waals surface area (Å²) in [5.41, 5.74) is 1.66. The summed E-state index contributed by atoms with van der Waals surface area (Å²) in [4.78, 5) is 23.2. The average Bonchev–Trinajstić information content (AvgIpc) is 2.41. The molecule has 0 saturated carbocycles. The van der Waals surface area contributed by atoms with E-state index in [1.807, 2.05) is 24.3 Å². The highest BCUT2D eigenvalue weighted by atomic mass is 16.4. The van der Waals surface area contributed by atoms with Crippen LogP contribution in [0.5, 0.6) is 0 Å². The minimum atomic E-state index is -1.20. The van der Waals surface area contributed by atoms with E-state index in [0.717, 1.165) is 12.0 Å². The minimum absolute atomic E-state index is 0.209. The number of rotatable bonds is 3. The predicted molar refractivity (Wildman–Crippen MR) is 73.5 cm³/mol. The Kier molecular flexibility index (Phi) is 3.51. The van der Waals surface area contributed by atoms with Crippen LogP contribution >= 0.6 is 0 Å². The lowest BCUT2D eigenvalue weighted by molar-refractivity contribution is 0.0694. The van der Waals surface area contributed by atoms with Gasteiger partial charge >= 0.3 is 5.97 Å². The molecular weight excluding hydrogens is 242 g/mol. The molecule has 4 heteroatoms. The zero-order valence-electron chi connectivity index (χ0n) is 10.9. The summed E-state index contributed by atoms with van der Waals surface area (Å²) in [6, 6.07) is 7.59. The van der Waals surface area contributed by atoms with E-state index < -0.39 is 11.4 Å². The summed E-state index contributed by atoms with van der Waals surface area (Å²) >= 11 is 0. The van der Waals surface area contributed by atoms with Gasteiger partial charge < -0.3 is 9.67 Å². The highest BCUT2D eigenvalue weighted by Gasteiger charge is 2.14. The van der Waals surface area contributed by atoms with Crippen molar-refractivity contribution in [2.75, 3.05) is 0 Å². The van der Waals surface area contributed by atoms with Gasteiger partial charge in [-0.15, -0.1) is 0 Å². The van der Waals surface area contributed by atoms with Gasteiger partial charge in [-0.1, -0.05) is 31.2 Å². The molecule has 0 bridgehead atoms. The Morgan fingerprint density at radius 1 is 1.21 bits per heavy atom. The molecule has 4 nitrogen and oxygen atoms in total. The summed E-state index contributed by atoms with van der Waals surface area (Å²) in [5.74, 6) is -1.20. The third kappa shape index (κ3) is 2.57. The third-order valence-corrected chi connectivity index (χ3v) is 3.06. The molecule has 0 aliphatic rings. The second-order valence-electron chi connectivity index (χ2n) is 4.44. The van der Waals surface area contributed by atoms with Crippen LogP contribution in [0.2, 0.25) is 0 Å². The van der Waals surface area contributed by atoms with Crippen molar-refractivity contribution >= 4 is 5.97 Å². The number of carbonyl (C=O) groups is 1. The van der Waals surface area contributed by atoms with Crippen molar-refractivity contribution < 1.29 is 9.90 Å². The molecule has 1 heterocycles. The van der Waals surface area contributed by atoms with E-state index in [2.05, 4.69) is 6.92 Å². The topological polar surface area (TPSA) is 59.3 Å². The van der Waals surface area contributed by atoms with E-state index in [-0.39, 0.29) is 5.56 Å². The van der Waals surface area contributed by atoms with Crippen molar-refractivity contribution in [2.24, 2.45) is 7.05 Å². The maximum atomic E-state index is 12.1. The van der Waals surface area contributed by atoms with Gasteiger partial charge in [0.2, 0.25) is 5.43 Å². The van der Waals surface area contributed by atoms with E-state index in [1.54, 1.807) is 17.8 Å². The molecular formula is C15H15NO3. The van der Waals surface area contributed by atoms with Crippen LogP contribution in [0.3, 0.4) is 0 Å². The summed E-state index contributed by atoms with van der Waals surface area (Å²) < 4.78 is 1.59. The van der Waals surface area contributed by atoms with Gasteiger partial charge in [0, 0.05) is 25.0 Å². The molecule has 2 rings (SSSR count). The van der Waals surface area contributed by atoms with Crippen molar-refractivity contribution in [3.8, 4) is 11.1 Å². The molecule has 19 heavy (non-hydrogen) atoms. The average molecular weight is 257 g/mol. The molecule has 0 spiro atoms. The molecule has 1 aromatic carbocycles. The van der Waals surface area contributed by atoms with Gasteiger partial charge in [0.15, 0.2) is 0 Å². The van der Waals surface area contributed by atoms with Crippen molar-refractivity contribution in [2.45, 2.75) is 13.3 Å². The molecule has 0 radical (unpaired) electrons. The van der Waals surface area contributed by atoms with Crippen molar-refractivity contribution in [1.29, 1.82) is 0 Å². The smallest absolute Gasteiger partial charge is 0.341 e. The van der Waals surface area contributed by atoms with Gasteiger partial charge in [-0.25, -0.2) is 4.79 Å². The second-order valence-corrected chi connectivity index (χ2v) is 4.44. The van der Waals surface area contributed by atoms with Gasteiger partial charge in [0.25, 0.3) is 0 Å². The van der Waals surface area contributed by atoms with Gasteiger partial charge in [0.05, 0.1) is 0 Å². The zero-order valence-corrected chi connectivity index (χ0v) is 10.9. The van der Waals surface area contributed by atoms with Gasteiger partial charge in [-0.05, 0) is 17.5 Å². The first-order valence-corrected chi connectivity index (χ1v) is 6.05. The molecule has 0 amide bonds. The number of nitrogens with zero attached hydrogens (tertiary/aromatic N) is 1. The fourth-order valence-corrected chi connectivity index (χ4v) is 1.98. The highest BCUT2D eigenvalue weighted by Crippen LogP contribution is 2.17. The number of aryl methyl sites for hydroxylation is 2. The maximum absolute atomic E-state index is 12.1. The second kappa shape index (κ2) is 5.10. The Labute approximate surface area is 110 Å². The Bertz CT molecular complexity index is 669. The van der Waals surface area contributed by atoms with Gasteiger partial charge in [0.1, 0.15) is 5.56 Å². The molecule has 0 aliphatic heterocycles. The summed E-state index contributed by atoms with van der Waals surface area (Å²) in [6.45, 7) is 2.05. The fourth-order valence-electron chi connectivity index (χ4n) is 1.98. The number of benzene rings is 1. The minimum Gasteiger partial charge on any atom is -0.477 e. The van der Waals surface area contributed by atoms with Crippen LogP contribution in [0.25, 0.3) is 11.1 Å². The van der Waals surface area contributed by atoms with Crippen molar-refractivity contribution in [3.05, 3.63) is 58.0 Å². The number of carboxylic acid groups (broad SMARTS) is 1. The Morgan fingerprint density at radius 3 is 2.37 bits per heavy atom. The SMILES string of the molecule is CCc1ccc(-c2cn(C)cc(C(=O)O)c2=O)cc1. The normalized spacial score (nSPS) is 10.4. The van der Waals surface area contributed by atoms with Gasteiger partial charge in [-0.3, -0.25) is 4.79 Å². The van der Waals surface area contributed by atoms with Crippen LogP contribution in [-0.2, 0) is 13.5 Å². The lowest BCUT2D eigenvalue weighted by Crippen LogP contribution is -2.18. The van der Waals surface area contributed by atoms with Crippen molar-refractivity contribution in [1.82, 2.24) is 4.57 Å². The van der Waals surface area contributed by atoms with Crippen LogP contribution < -0.4 is 5.43 Å². The third-order valence-electron chi connectivity index (χ3n) is 3.06. The molecule has 98 valence electrons. The van der Waals surface area contributed by atoms with E-state index in [4.69, 9.17) is 5.11 Å². The molecule has 2 aromatic rings. The number of carboxylic acids is 1. The van der Waals surface area contributed by atoms with Crippen LogP contribution in [0, 0.1) is 0 Å². The first-order chi connectivity index (χ1) is 9.02. The Morgan fingerprint density at radius 2 is 1.84 bits per heavy atom. The fraction of sp³-hybridized carbons (Fsp3) is 0.200. The zero-order chi connectivity index (χ0) is 14.0. The highest BCUT2D eigenvalue weighted by molar-refractivity contribution is 5.88.